The number of hydrogen-bond acceptors (Lipinski definition) is 5. The Morgan fingerprint density at radius 3 is 2.41 bits per heavy atom. The number of aryl methyl sites for hydroxylation is 1. The fourth-order valence-electron chi connectivity index (χ4n) is 4.93. The Bertz CT molecular complexity index is 1380. The molecule has 0 saturated carbocycles. The van der Waals surface area contributed by atoms with Gasteiger partial charge in [0.15, 0.2) is 11.2 Å². The molecule has 0 aliphatic carbocycles. The highest BCUT2D eigenvalue weighted by molar-refractivity contribution is 6.31. The fraction of sp³-hybridized carbons (Fsp3) is 0.464. The zero-order valence-electron chi connectivity index (χ0n) is 21.8. The molecule has 1 atom stereocenters. The molecule has 1 N–H and O–H groups in total. The highest BCUT2D eigenvalue weighted by Crippen LogP contribution is 2.37. The monoisotopic (exact) mass is 534 g/mol. The fourth-order valence-corrected chi connectivity index (χ4v) is 5.15. The third-order valence-corrected chi connectivity index (χ3v) is 7.39. The quantitative estimate of drug-likeness (QED) is 0.437. The number of rotatable bonds is 6. The molecule has 1 fully saturated rings. The summed E-state index contributed by atoms with van der Waals surface area (Å²) >= 11 is 6.09. The van der Waals surface area contributed by atoms with Crippen molar-refractivity contribution < 1.29 is 23.4 Å². The first-order valence-electron chi connectivity index (χ1n) is 12.3. The summed E-state index contributed by atoms with van der Waals surface area (Å²) in [6.07, 6.45) is 1.79. The predicted molar refractivity (Wildman–Crippen MR) is 142 cm³/mol. The summed E-state index contributed by atoms with van der Waals surface area (Å²) in [5.74, 6) is -1.19. The number of ether oxygens (including phenoxy) is 2. The third kappa shape index (κ3) is 5.19. The number of aromatic nitrogens is 1. The first kappa shape index (κ1) is 27.4. The minimum absolute atomic E-state index is 0.0400. The lowest BCUT2D eigenvalue weighted by atomic mass is 9.86. The summed E-state index contributed by atoms with van der Waals surface area (Å²) in [7, 11) is 1.50. The second-order valence-corrected chi connectivity index (χ2v) is 10.9. The smallest absolute Gasteiger partial charge is 0.192 e. The highest BCUT2D eigenvalue weighted by Gasteiger charge is 2.28. The maximum atomic E-state index is 15.2. The van der Waals surface area contributed by atoms with E-state index < -0.39 is 16.7 Å². The summed E-state index contributed by atoms with van der Waals surface area (Å²) < 4.78 is 43.0. The molecule has 2 heterocycles. The van der Waals surface area contributed by atoms with Gasteiger partial charge < -0.3 is 24.0 Å². The maximum Gasteiger partial charge on any atom is 0.192 e. The van der Waals surface area contributed by atoms with Gasteiger partial charge in [-0.1, -0.05) is 32.4 Å². The molecule has 0 radical (unpaired) electrons. The van der Waals surface area contributed by atoms with E-state index in [1.807, 2.05) is 25.3 Å². The minimum Gasteiger partial charge on any atom is -0.496 e. The molecule has 3 aromatic rings. The van der Waals surface area contributed by atoms with Crippen molar-refractivity contribution >= 4 is 28.2 Å². The highest BCUT2D eigenvalue weighted by atomic mass is 35.5. The molecule has 1 aliphatic heterocycles. The minimum atomic E-state index is -0.840. The van der Waals surface area contributed by atoms with E-state index in [1.165, 1.54) is 13.2 Å². The largest absolute Gasteiger partial charge is 0.496 e. The number of halogens is 3. The average molecular weight is 535 g/mol. The van der Waals surface area contributed by atoms with Crippen molar-refractivity contribution in [2.24, 2.45) is 5.41 Å². The first-order valence-corrected chi connectivity index (χ1v) is 12.7. The van der Waals surface area contributed by atoms with Gasteiger partial charge in [-0.05, 0) is 35.6 Å². The summed E-state index contributed by atoms with van der Waals surface area (Å²) in [4.78, 5) is 15.0. The summed E-state index contributed by atoms with van der Waals surface area (Å²) in [5.41, 5.74) is 1.66. The Morgan fingerprint density at radius 2 is 1.81 bits per heavy atom. The van der Waals surface area contributed by atoms with Crippen LogP contribution >= 0.6 is 11.6 Å². The Morgan fingerprint density at radius 1 is 1.14 bits per heavy atom. The molecular formula is C28H33ClF2N2O4. The lowest BCUT2D eigenvalue weighted by Crippen LogP contribution is -2.37. The second kappa shape index (κ2) is 10.6. The van der Waals surface area contributed by atoms with Crippen molar-refractivity contribution in [3.8, 4) is 5.75 Å². The van der Waals surface area contributed by atoms with Gasteiger partial charge in [-0.15, -0.1) is 0 Å². The molecule has 0 bridgehead atoms. The Hall–Kier alpha value is -2.68. The number of morpholine rings is 1. The SMILES string of the molecule is COc1cc2c(cc1Cc1cc(N3CCOCC3)c(F)c(Cl)c1F)c(=O)c(C)cn2C(CO)C(C)(C)C. The molecule has 37 heavy (non-hydrogen) atoms. The lowest BCUT2D eigenvalue weighted by Gasteiger charge is -2.33. The van der Waals surface area contributed by atoms with Gasteiger partial charge in [0, 0.05) is 42.7 Å². The van der Waals surface area contributed by atoms with E-state index >= 15 is 4.39 Å². The zero-order chi connectivity index (χ0) is 27.1. The Balaban J connectivity index is 1.88. The van der Waals surface area contributed by atoms with Crippen LogP contribution in [-0.4, -0.2) is 49.7 Å². The summed E-state index contributed by atoms with van der Waals surface area (Å²) in [5, 5.41) is 10.1. The molecule has 4 rings (SSSR count). The standard InChI is InChI=1S/C28H33ClF2N2O4/c1-16-14-33(23(15-34)28(2,3)4)20-13-22(36-5)17(11-19(20)27(16)35)10-18-12-21(26(31)24(29)25(18)30)32-6-8-37-9-7-32/h11-14,23,34H,6-10,15H2,1-5H3. The van der Waals surface area contributed by atoms with E-state index in [2.05, 4.69) is 0 Å². The van der Waals surface area contributed by atoms with Crippen LogP contribution in [0.4, 0.5) is 14.5 Å². The third-order valence-electron chi connectivity index (χ3n) is 7.06. The number of anilines is 1. The predicted octanol–water partition coefficient (Wildman–Crippen LogP) is 5.26. The van der Waals surface area contributed by atoms with Crippen molar-refractivity contribution in [3.63, 3.8) is 0 Å². The molecule has 0 amide bonds. The molecule has 1 aromatic heterocycles. The van der Waals surface area contributed by atoms with Gasteiger partial charge in [0.1, 0.15) is 16.6 Å². The van der Waals surface area contributed by atoms with Crippen LogP contribution < -0.4 is 15.1 Å². The van der Waals surface area contributed by atoms with Gasteiger partial charge in [-0.3, -0.25) is 4.79 Å². The number of benzene rings is 2. The van der Waals surface area contributed by atoms with Crippen molar-refractivity contribution in [1.82, 2.24) is 4.57 Å². The maximum absolute atomic E-state index is 15.2. The van der Waals surface area contributed by atoms with Crippen LogP contribution in [0, 0.1) is 24.0 Å². The number of aliphatic hydroxyl groups is 1. The molecule has 6 nitrogen and oxygen atoms in total. The van der Waals surface area contributed by atoms with Crippen LogP contribution in [0.25, 0.3) is 10.9 Å². The second-order valence-electron chi connectivity index (χ2n) is 10.6. The van der Waals surface area contributed by atoms with Gasteiger partial charge in [0.05, 0.1) is 44.2 Å². The van der Waals surface area contributed by atoms with Crippen molar-refractivity contribution in [1.29, 1.82) is 0 Å². The van der Waals surface area contributed by atoms with Gasteiger partial charge in [0.2, 0.25) is 0 Å². The average Bonchev–Trinajstić information content (AvgIpc) is 2.87. The number of pyridine rings is 1. The van der Waals surface area contributed by atoms with E-state index in [-0.39, 0.29) is 41.2 Å². The van der Waals surface area contributed by atoms with E-state index in [9.17, 15) is 14.3 Å². The van der Waals surface area contributed by atoms with Crippen LogP contribution in [0.3, 0.4) is 0 Å². The van der Waals surface area contributed by atoms with Crippen LogP contribution in [0.15, 0.2) is 29.2 Å². The zero-order valence-corrected chi connectivity index (χ0v) is 22.6. The Kier molecular flexibility index (Phi) is 7.83. The lowest BCUT2D eigenvalue weighted by molar-refractivity contribution is 0.122. The van der Waals surface area contributed by atoms with Crippen LogP contribution in [-0.2, 0) is 11.2 Å². The molecule has 0 spiro atoms. The van der Waals surface area contributed by atoms with E-state index in [1.54, 1.807) is 30.2 Å². The van der Waals surface area contributed by atoms with Crippen molar-refractivity contribution in [3.05, 3.63) is 68.0 Å². The van der Waals surface area contributed by atoms with Crippen molar-refractivity contribution in [2.75, 3.05) is 44.9 Å². The molecule has 2 aromatic carbocycles. The van der Waals surface area contributed by atoms with Crippen LogP contribution in [0.1, 0.15) is 43.5 Å². The normalized spacial score (nSPS) is 15.3. The summed E-state index contributed by atoms with van der Waals surface area (Å²) in [6.45, 7) is 9.49. The molecular weight excluding hydrogens is 502 g/mol. The molecule has 1 unspecified atom stereocenters. The van der Waals surface area contributed by atoms with E-state index in [0.717, 1.165) is 0 Å². The topological polar surface area (TPSA) is 63.9 Å². The van der Waals surface area contributed by atoms with Crippen LogP contribution in [0.5, 0.6) is 5.75 Å². The first-order chi connectivity index (χ1) is 17.5. The van der Waals surface area contributed by atoms with Gasteiger partial charge in [-0.2, -0.15) is 0 Å². The molecule has 1 aliphatic rings. The van der Waals surface area contributed by atoms with Gasteiger partial charge in [-0.25, -0.2) is 8.78 Å². The number of hydrogen-bond donors (Lipinski definition) is 1. The molecule has 200 valence electrons. The number of fused-ring (bicyclic) bond motifs is 1. The van der Waals surface area contributed by atoms with Gasteiger partial charge in [0.25, 0.3) is 0 Å². The van der Waals surface area contributed by atoms with E-state index in [0.29, 0.717) is 54.1 Å². The molecule has 1 saturated heterocycles. The van der Waals surface area contributed by atoms with E-state index in [4.69, 9.17) is 21.1 Å². The number of nitrogens with zero attached hydrogens (tertiary/aromatic N) is 2. The Labute approximate surface area is 220 Å². The summed E-state index contributed by atoms with van der Waals surface area (Å²) in [6, 6.07) is 4.62. The number of aliphatic hydroxyl groups excluding tert-OH is 1. The van der Waals surface area contributed by atoms with Gasteiger partial charge >= 0.3 is 0 Å². The number of methoxy groups -OCH3 is 1. The van der Waals surface area contributed by atoms with Crippen LogP contribution in [0.2, 0.25) is 5.02 Å². The van der Waals surface area contributed by atoms with Crippen molar-refractivity contribution in [2.45, 2.75) is 40.2 Å². The molecule has 9 heteroatoms.